The monoisotopic (exact) mass is 673 g/mol. The molecule has 0 bridgehead atoms. The molecule has 1 aliphatic rings. The highest BCUT2D eigenvalue weighted by molar-refractivity contribution is 7.48. The lowest BCUT2D eigenvalue weighted by Gasteiger charge is -2.34. The van der Waals surface area contributed by atoms with E-state index in [4.69, 9.17) is 28.8 Å². The summed E-state index contributed by atoms with van der Waals surface area (Å²) < 4.78 is 43.1. The maximum Gasteiger partial charge on any atom is 0.478 e. The number of hydrogen-bond acceptors (Lipinski definition) is 12. The van der Waals surface area contributed by atoms with Crippen LogP contribution in [-0.4, -0.2) is 80.1 Å². The summed E-state index contributed by atoms with van der Waals surface area (Å²) in [6.07, 6.45) is 2.65. The number of rotatable bonds is 9. The van der Waals surface area contributed by atoms with Gasteiger partial charge in [-0.05, 0) is 80.5 Å². The van der Waals surface area contributed by atoms with Gasteiger partial charge >= 0.3 is 13.9 Å². The minimum atomic E-state index is -4.01. The van der Waals surface area contributed by atoms with Gasteiger partial charge in [-0.2, -0.15) is 5.10 Å². The molecule has 4 rings (SSSR count). The molecule has 16 heteroatoms. The molecule has 1 aromatic carbocycles. The van der Waals surface area contributed by atoms with Gasteiger partial charge in [-0.1, -0.05) is 12.1 Å². The Kier molecular flexibility index (Phi) is 10.4. The van der Waals surface area contributed by atoms with Gasteiger partial charge in [-0.15, -0.1) is 10.2 Å². The molecular formula is C31H44N7O8P. The number of ether oxygens (including phenoxy) is 2. The Morgan fingerprint density at radius 2 is 1.62 bits per heavy atom. The number of piperazine rings is 1. The van der Waals surface area contributed by atoms with E-state index in [0.29, 0.717) is 34.9 Å². The largest absolute Gasteiger partial charge is 0.478 e. The van der Waals surface area contributed by atoms with Crippen LogP contribution in [0.15, 0.2) is 42.7 Å². The van der Waals surface area contributed by atoms with E-state index in [0.717, 1.165) is 0 Å². The minimum absolute atomic E-state index is 0.103. The lowest BCUT2D eigenvalue weighted by Crippen LogP contribution is -2.53. The second-order valence-corrected chi connectivity index (χ2v) is 15.4. The van der Waals surface area contributed by atoms with Crippen molar-refractivity contribution in [3.63, 3.8) is 0 Å². The summed E-state index contributed by atoms with van der Waals surface area (Å²) in [6, 6.07) is 8.71. The summed E-state index contributed by atoms with van der Waals surface area (Å²) in [4.78, 5) is 28.4. The van der Waals surface area contributed by atoms with Crippen molar-refractivity contribution in [1.29, 1.82) is 0 Å². The highest BCUT2D eigenvalue weighted by Gasteiger charge is 2.37. The molecule has 0 aliphatic carbocycles. The highest BCUT2D eigenvalue weighted by atomic mass is 31.2. The van der Waals surface area contributed by atoms with Crippen molar-refractivity contribution in [1.82, 2.24) is 24.9 Å². The van der Waals surface area contributed by atoms with Gasteiger partial charge in [0.1, 0.15) is 23.6 Å². The van der Waals surface area contributed by atoms with Gasteiger partial charge in [0, 0.05) is 18.7 Å². The van der Waals surface area contributed by atoms with Crippen molar-refractivity contribution in [3.05, 3.63) is 42.7 Å². The molecule has 0 radical (unpaired) electrons. The van der Waals surface area contributed by atoms with E-state index in [1.165, 1.54) is 15.8 Å². The van der Waals surface area contributed by atoms with Crippen molar-refractivity contribution in [2.75, 3.05) is 37.1 Å². The lowest BCUT2D eigenvalue weighted by atomic mass is 10.1. The van der Waals surface area contributed by atoms with Gasteiger partial charge in [0.15, 0.2) is 12.6 Å². The van der Waals surface area contributed by atoms with E-state index >= 15 is 0 Å². The number of aromatic nitrogens is 4. The van der Waals surface area contributed by atoms with Crippen LogP contribution in [0.25, 0.3) is 16.9 Å². The average molecular weight is 674 g/mol. The Bertz CT molecular complexity index is 1620. The molecule has 0 unspecified atom stereocenters. The van der Waals surface area contributed by atoms with Crippen molar-refractivity contribution >= 4 is 31.3 Å². The molecule has 0 spiro atoms. The van der Waals surface area contributed by atoms with Crippen LogP contribution in [0.2, 0.25) is 0 Å². The third-order valence-corrected chi connectivity index (χ3v) is 8.13. The van der Waals surface area contributed by atoms with Gasteiger partial charge in [-0.25, -0.2) is 18.6 Å². The number of anilines is 2. The Morgan fingerprint density at radius 3 is 2.23 bits per heavy atom. The molecule has 2 aromatic heterocycles. The summed E-state index contributed by atoms with van der Waals surface area (Å²) in [5.41, 5.74) is 5.82. The molecule has 1 saturated heterocycles. The zero-order chi connectivity index (χ0) is 34.8. The Hall–Kier alpha value is -4.04. The third-order valence-electron chi connectivity index (χ3n) is 6.16. The number of carbonyl (C=O) groups excluding carboxylic acids is 2. The number of nitrogens with zero attached hydrogens (tertiary/aromatic N) is 6. The number of benzene rings is 1. The zero-order valence-electron chi connectivity index (χ0n) is 28.3. The number of nitrogens with two attached hydrogens (primary N) is 1. The van der Waals surface area contributed by atoms with E-state index in [2.05, 4.69) is 15.3 Å². The van der Waals surface area contributed by atoms with Gasteiger partial charge < -0.3 is 20.1 Å². The number of nitrogen functional groups attached to an aromatic ring is 1. The van der Waals surface area contributed by atoms with Crippen molar-refractivity contribution in [3.8, 4) is 22.7 Å². The van der Waals surface area contributed by atoms with Crippen molar-refractivity contribution in [2.24, 2.45) is 0 Å². The smallest absolute Gasteiger partial charge is 0.466 e. The topological polar surface area (TPSA) is 173 Å². The zero-order valence-corrected chi connectivity index (χ0v) is 29.2. The molecule has 47 heavy (non-hydrogen) atoms. The van der Waals surface area contributed by atoms with E-state index in [-0.39, 0.29) is 24.8 Å². The van der Waals surface area contributed by atoms with Gasteiger partial charge in [-0.3, -0.25) is 18.7 Å². The maximum atomic E-state index is 13.4. The summed E-state index contributed by atoms with van der Waals surface area (Å²) in [5.74, 6) is 0.192. The van der Waals surface area contributed by atoms with E-state index < -0.39 is 37.5 Å². The first-order valence-corrected chi connectivity index (χ1v) is 16.5. The predicted octanol–water partition coefficient (Wildman–Crippen LogP) is 5.59. The van der Waals surface area contributed by atoms with Gasteiger partial charge in [0.25, 0.3) is 0 Å². The van der Waals surface area contributed by atoms with E-state index in [1.807, 2.05) is 0 Å². The van der Waals surface area contributed by atoms with Crippen LogP contribution in [0, 0.1) is 0 Å². The molecule has 2 N–H and O–H groups in total. The molecule has 2 amide bonds. The SMILES string of the molecule is CC(C)(C)OC(=O)N1CCN(c2cnn(-c3cc(-c4ccccc4OCOP(=O)(OC(C)(C)C)OC(C)(C)C)nnc3N)c2)C(=O)C1. The number of carbonyl (C=O) groups is 2. The molecule has 1 fully saturated rings. The van der Waals surface area contributed by atoms with E-state index in [1.54, 1.807) is 104 Å². The van der Waals surface area contributed by atoms with Crippen LogP contribution in [0.1, 0.15) is 62.3 Å². The second kappa shape index (κ2) is 13.6. The van der Waals surface area contributed by atoms with Crippen LogP contribution in [0.4, 0.5) is 16.3 Å². The maximum absolute atomic E-state index is 13.4. The molecule has 256 valence electrons. The van der Waals surface area contributed by atoms with Crippen LogP contribution in [-0.2, 0) is 27.7 Å². The molecule has 1 aliphatic heterocycles. The molecular weight excluding hydrogens is 629 g/mol. The van der Waals surface area contributed by atoms with Gasteiger partial charge in [0.05, 0.1) is 35.0 Å². The molecule has 15 nitrogen and oxygen atoms in total. The van der Waals surface area contributed by atoms with Crippen LogP contribution < -0.4 is 15.4 Å². The summed E-state index contributed by atoms with van der Waals surface area (Å²) in [6.45, 7) is 15.8. The number of amides is 2. The molecule has 0 saturated carbocycles. The number of phosphoric ester groups is 1. The lowest BCUT2D eigenvalue weighted by molar-refractivity contribution is -0.121. The van der Waals surface area contributed by atoms with Crippen LogP contribution >= 0.6 is 7.82 Å². The van der Waals surface area contributed by atoms with Crippen molar-refractivity contribution < 1.29 is 37.2 Å². The van der Waals surface area contributed by atoms with Crippen LogP contribution in [0.3, 0.4) is 0 Å². The molecule has 0 atom stereocenters. The first-order valence-electron chi connectivity index (χ1n) is 15.1. The predicted molar refractivity (Wildman–Crippen MR) is 175 cm³/mol. The fourth-order valence-corrected chi connectivity index (χ4v) is 6.09. The summed E-state index contributed by atoms with van der Waals surface area (Å²) in [7, 11) is -4.01. The van der Waals surface area contributed by atoms with Crippen LogP contribution in [0.5, 0.6) is 5.75 Å². The normalized spacial score (nSPS) is 14.8. The standard InChI is InChI=1S/C31H44N7O8P/c1-29(2,3)44-28(40)36-14-15-37(26(39)19-36)21-17-33-38(18-21)24-16-23(34-35-27(24)32)22-12-10-11-13-25(22)42-20-43-47(41,45-30(4,5)6)46-31(7,8)9/h10-13,16-18H,14-15,19-20H2,1-9H3,(H2,32,35). The summed E-state index contributed by atoms with van der Waals surface area (Å²) >= 11 is 0. The van der Waals surface area contributed by atoms with Crippen molar-refractivity contribution in [2.45, 2.75) is 79.1 Å². The second-order valence-electron chi connectivity index (χ2n) is 13.8. The number of para-hydroxylation sites is 1. The Labute approximate surface area is 274 Å². The van der Waals surface area contributed by atoms with E-state index in [9.17, 15) is 14.2 Å². The average Bonchev–Trinajstić information content (AvgIpc) is 3.40. The fourth-order valence-electron chi connectivity index (χ4n) is 4.42. The third kappa shape index (κ3) is 9.97. The minimum Gasteiger partial charge on any atom is -0.466 e. The molecule has 3 aromatic rings. The van der Waals surface area contributed by atoms with Gasteiger partial charge in [0.2, 0.25) is 5.91 Å². The first kappa shape index (κ1) is 35.8. The fraction of sp³-hybridized carbons (Fsp3) is 0.516. The number of hydrogen-bond donors (Lipinski definition) is 1. The quantitative estimate of drug-likeness (QED) is 0.221. The first-order chi connectivity index (χ1) is 21.7. The Balaban J connectivity index is 1.50. The summed E-state index contributed by atoms with van der Waals surface area (Å²) in [5, 5.41) is 12.8. The number of phosphoric acid groups is 1. The molecule has 3 heterocycles. The highest BCUT2D eigenvalue weighted by Crippen LogP contribution is 2.55. The Morgan fingerprint density at radius 1 is 0.957 bits per heavy atom.